The van der Waals surface area contributed by atoms with Crippen LogP contribution >= 0.6 is 11.3 Å². The van der Waals surface area contributed by atoms with Gasteiger partial charge in [-0.25, -0.2) is 9.37 Å². The molecule has 0 aliphatic rings. The molecule has 0 radical (unpaired) electrons. The van der Waals surface area contributed by atoms with E-state index in [4.69, 9.17) is 10.7 Å². The number of hydrogen-bond acceptors (Lipinski definition) is 4. The topological polar surface area (TPSA) is 72.9 Å². The molecule has 0 bridgehead atoms. The lowest BCUT2D eigenvalue weighted by Gasteiger charge is -2.09. The van der Waals surface area contributed by atoms with Crippen molar-refractivity contribution >= 4 is 17.2 Å². The lowest BCUT2D eigenvalue weighted by atomic mass is 10.1. The number of nitrogens with two attached hydrogens (primary N) is 1. The number of carbonyl (C=O) groups excluding carboxylic acids is 1. The SMILES string of the molecule is Cc1cc(C(=O)NCc2ccc(CN)c(F)c2)c(C)n1Cc1csc(-c2ccccc2)n1. The molecule has 0 unspecified atom stereocenters. The molecule has 0 aliphatic heterocycles. The van der Waals surface area contributed by atoms with Crippen LogP contribution in [0.3, 0.4) is 0 Å². The molecule has 3 N–H and O–H groups in total. The van der Waals surface area contributed by atoms with Gasteiger partial charge in [-0.05, 0) is 31.5 Å². The lowest BCUT2D eigenvalue weighted by molar-refractivity contribution is 0.0950. The average molecular weight is 449 g/mol. The number of rotatable bonds is 7. The third kappa shape index (κ3) is 4.64. The maximum atomic E-state index is 13.9. The maximum Gasteiger partial charge on any atom is 0.253 e. The molecule has 164 valence electrons. The van der Waals surface area contributed by atoms with Gasteiger partial charge in [0.1, 0.15) is 10.8 Å². The van der Waals surface area contributed by atoms with Gasteiger partial charge in [0.05, 0.1) is 17.8 Å². The first kappa shape index (κ1) is 21.9. The molecule has 4 aromatic rings. The van der Waals surface area contributed by atoms with Gasteiger partial charge in [-0.15, -0.1) is 11.3 Å². The van der Waals surface area contributed by atoms with Crippen LogP contribution in [-0.2, 0) is 19.6 Å². The number of halogens is 1. The zero-order chi connectivity index (χ0) is 22.7. The molecule has 2 aromatic carbocycles. The average Bonchev–Trinajstić information content (AvgIpc) is 3.38. The van der Waals surface area contributed by atoms with Crippen molar-refractivity contribution in [2.75, 3.05) is 0 Å². The van der Waals surface area contributed by atoms with Crippen molar-refractivity contribution in [2.24, 2.45) is 5.73 Å². The van der Waals surface area contributed by atoms with Crippen molar-refractivity contribution in [1.82, 2.24) is 14.9 Å². The summed E-state index contributed by atoms with van der Waals surface area (Å²) in [7, 11) is 0. The molecular formula is C25H25FN4OS. The number of nitrogens with zero attached hydrogens (tertiary/aromatic N) is 2. The Labute approximate surface area is 190 Å². The van der Waals surface area contributed by atoms with Crippen LogP contribution in [0.15, 0.2) is 60.0 Å². The van der Waals surface area contributed by atoms with E-state index in [1.807, 2.05) is 50.2 Å². The summed E-state index contributed by atoms with van der Waals surface area (Å²) in [5.74, 6) is -0.536. The van der Waals surface area contributed by atoms with E-state index >= 15 is 0 Å². The van der Waals surface area contributed by atoms with Gasteiger partial charge in [-0.1, -0.05) is 42.5 Å². The van der Waals surface area contributed by atoms with Crippen LogP contribution in [0.2, 0.25) is 0 Å². The molecule has 32 heavy (non-hydrogen) atoms. The molecule has 0 spiro atoms. The zero-order valence-electron chi connectivity index (χ0n) is 18.1. The van der Waals surface area contributed by atoms with Crippen molar-refractivity contribution in [3.63, 3.8) is 0 Å². The summed E-state index contributed by atoms with van der Waals surface area (Å²) in [5, 5.41) is 5.92. The first-order valence-corrected chi connectivity index (χ1v) is 11.3. The van der Waals surface area contributed by atoms with Crippen LogP contribution in [0.5, 0.6) is 0 Å². The third-order valence-electron chi connectivity index (χ3n) is 5.50. The second kappa shape index (κ2) is 9.46. The van der Waals surface area contributed by atoms with Gasteiger partial charge in [0.15, 0.2) is 0 Å². The molecule has 0 aliphatic carbocycles. The lowest BCUT2D eigenvalue weighted by Crippen LogP contribution is -2.23. The van der Waals surface area contributed by atoms with Crippen molar-refractivity contribution in [3.8, 4) is 10.6 Å². The molecule has 0 saturated carbocycles. The highest BCUT2D eigenvalue weighted by molar-refractivity contribution is 7.13. The minimum atomic E-state index is -0.351. The van der Waals surface area contributed by atoms with Gasteiger partial charge < -0.3 is 15.6 Å². The Morgan fingerprint density at radius 2 is 1.94 bits per heavy atom. The Kier molecular flexibility index (Phi) is 6.48. The van der Waals surface area contributed by atoms with E-state index in [1.165, 1.54) is 6.07 Å². The van der Waals surface area contributed by atoms with E-state index in [1.54, 1.807) is 23.5 Å². The predicted octanol–water partition coefficient (Wildman–Crippen LogP) is 4.80. The second-order valence-corrected chi connectivity index (χ2v) is 8.55. The quantitative estimate of drug-likeness (QED) is 0.426. The minimum absolute atomic E-state index is 0.149. The highest BCUT2D eigenvalue weighted by atomic mass is 32.1. The summed E-state index contributed by atoms with van der Waals surface area (Å²) in [6.07, 6.45) is 0. The maximum absolute atomic E-state index is 13.9. The Morgan fingerprint density at radius 1 is 1.16 bits per heavy atom. The Morgan fingerprint density at radius 3 is 2.66 bits per heavy atom. The van der Waals surface area contributed by atoms with Gasteiger partial charge in [0.25, 0.3) is 5.91 Å². The molecule has 0 saturated heterocycles. The molecule has 1 amide bonds. The number of thiazole rings is 1. The highest BCUT2D eigenvalue weighted by Crippen LogP contribution is 2.25. The van der Waals surface area contributed by atoms with Crippen molar-refractivity contribution < 1.29 is 9.18 Å². The Hall–Kier alpha value is -3.29. The first-order chi connectivity index (χ1) is 15.5. The standard InChI is InChI=1S/C25H25FN4OS/c1-16-10-22(24(31)28-13-18-8-9-20(12-27)23(26)11-18)17(2)30(16)14-21-15-32-25(29-21)19-6-4-3-5-7-19/h3-11,15H,12-14,27H2,1-2H3,(H,28,31). The van der Waals surface area contributed by atoms with Gasteiger partial charge in [-0.3, -0.25) is 4.79 Å². The summed E-state index contributed by atoms with van der Waals surface area (Å²) >= 11 is 1.61. The highest BCUT2D eigenvalue weighted by Gasteiger charge is 2.17. The second-order valence-electron chi connectivity index (χ2n) is 7.69. The number of hydrogen-bond donors (Lipinski definition) is 2. The van der Waals surface area contributed by atoms with Crippen LogP contribution < -0.4 is 11.1 Å². The zero-order valence-corrected chi connectivity index (χ0v) is 18.9. The monoisotopic (exact) mass is 448 g/mol. The molecule has 7 heteroatoms. The third-order valence-corrected chi connectivity index (χ3v) is 6.44. The van der Waals surface area contributed by atoms with E-state index in [0.29, 0.717) is 23.2 Å². The van der Waals surface area contributed by atoms with Crippen molar-refractivity contribution in [3.05, 3.63) is 99.6 Å². The molecule has 2 aromatic heterocycles. The van der Waals surface area contributed by atoms with Crippen LogP contribution in [-0.4, -0.2) is 15.5 Å². The number of aromatic nitrogens is 2. The van der Waals surface area contributed by atoms with E-state index in [2.05, 4.69) is 15.3 Å². The number of carbonyl (C=O) groups is 1. The van der Waals surface area contributed by atoms with Gasteiger partial charge in [0, 0.05) is 41.0 Å². The van der Waals surface area contributed by atoms with E-state index < -0.39 is 0 Å². The molecule has 2 heterocycles. The van der Waals surface area contributed by atoms with Crippen LogP contribution in [0, 0.1) is 19.7 Å². The summed E-state index contributed by atoms with van der Waals surface area (Å²) in [4.78, 5) is 17.6. The van der Waals surface area contributed by atoms with Gasteiger partial charge in [-0.2, -0.15) is 0 Å². The Balaban J connectivity index is 1.46. The Bertz CT molecular complexity index is 1250. The first-order valence-electron chi connectivity index (χ1n) is 10.4. The fraction of sp³-hybridized carbons (Fsp3) is 0.200. The van der Waals surface area contributed by atoms with E-state index in [-0.39, 0.29) is 24.8 Å². The summed E-state index contributed by atoms with van der Waals surface area (Å²) < 4.78 is 16.0. The fourth-order valence-electron chi connectivity index (χ4n) is 3.67. The van der Waals surface area contributed by atoms with Crippen LogP contribution in [0.4, 0.5) is 4.39 Å². The molecule has 0 atom stereocenters. The number of amides is 1. The normalized spacial score (nSPS) is 11.0. The summed E-state index contributed by atoms with van der Waals surface area (Å²) in [6, 6.07) is 16.8. The number of benzene rings is 2. The molecule has 0 fully saturated rings. The fourth-order valence-corrected chi connectivity index (χ4v) is 4.49. The van der Waals surface area contributed by atoms with Crippen LogP contribution in [0.25, 0.3) is 10.6 Å². The summed E-state index contributed by atoms with van der Waals surface area (Å²) in [6.45, 7) is 4.91. The smallest absolute Gasteiger partial charge is 0.253 e. The summed E-state index contributed by atoms with van der Waals surface area (Å²) in [5.41, 5.74) is 11.2. The molecule has 5 nitrogen and oxygen atoms in total. The van der Waals surface area contributed by atoms with Gasteiger partial charge in [0.2, 0.25) is 0 Å². The van der Waals surface area contributed by atoms with E-state index in [0.717, 1.165) is 27.7 Å². The number of nitrogens with one attached hydrogen (secondary N) is 1. The van der Waals surface area contributed by atoms with Gasteiger partial charge >= 0.3 is 0 Å². The van der Waals surface area contributed by atoms with Crippen molar-refractivity contribution in [2.45, 2.75) is 33.5 Å². The largest absolute Gasteiger partial charge is 0.348 e. The predicted molar refractivity (Wildman–Crippen MR) is 126 cm³/mol. The molecule has 4 rings (SSSR count). The van der Waals surface area contributed by atoms with Crippen LogP contribution in [0.1, 0.15) is 38.6 Å². The van der Waals surface area contributed by atoms with E-state index in [9.17, 15) is 9.18 Å². The molecular weight excluding hydrogens is 423 g/mol. The minimum Gasteiger partial charge on any atom is -0.348 e. The number of aryl methyl sites for hydroxylation is 1. The van der Waals surface area contributed by atoms with Crippen molar-refractivity contribution in [1.29, 1.82) is 0 Å².